The van der Waals surface area contributed by atoms with Crippen LogP contribution < -0.4 is 5.32 Å². The number of carbonyl (C=O) groups is 2. The number of Topliss-reactive ketones (excluding diaryl/α,β-unsaturated/α-hetero) is 1. The highest BCUT2D eigenvalue weighted by molar-refractivity contribution is 7.89. The van der Waals surface area contributed by atoms with Crippen molar-refractivity contribution < 1.29 is 18.0 Å². The average molecular weight is 268 g/mol. The smallest absolute Gasteiger partial charge is 0.243 e. The Morgan fingerprint density at radius 3 is 2.56 bits per heavy atom. The minimum absolute atomic E-state index is 0.0190. The number of sulfonamides is 1. The van der Waals surface area contributed by atoms with Gasteiger partial charge >= 0.3 is 0 Å². The van der Waals surface area contributed by atoms with E-state index in [2.05, 4.69) is 5.32 Å². The lowest BCUT2D eigenvalue weighted by molar-refractivity contribution is -0.120. The Morgan fingerprint density at radius 1 is 1.28 bits per heavy atom. The largest absolute Gasteiger partial charge is 0.347 e. The second-order valence-electron chi connectivity index (χ2n) is 3.91. The van der Waals surface area contributed by atoms with E-state index >= 15 is 0 Å². The number of carbonyl (C=O) groups excluding carboxylic acids is 2. The summed E-state index contributed by atoms with van der Waals surface area (Å²) in [6.45, 7) is -0.225. The van der Waals surface area contributed by atoms with Crippen molar-refractivity contribution in [2.24, 2.45) is 0 Å². The molecule has 2 rings (SSSR count). The maximum atomic E-state index is 12.2. The lowest BCUT2D eigenvalue weighted by Crippen LogP contribution is -2.36. The number of ketones is 1. The van der Waals surface area contributed by atoms with E-state index in [1.165, 1.54) is 12.1 Å². The molecular formula is C11H12N2O4S. The zero-order chi connectivity index (χ0) is 13.2. The summed E-state index contributed by atoms with van der Waals surface area (Å²) in [6.07, 6.45) is 0.404. The maximum absolute atomic E-state index is 12.2. The summed E-state index contributed by atoms with van der Waals surface area (Å²) in [5.74, 6) is -0.304. The Hall–Kier alpha value is -1.73. The number of nitrogens with zero attached hydrogens (tertiary/aromatic N) is 1. The molecule has 0 saturated carbocycles. The Kier molecular flexibility index (Phi) is 3.44. The van der Waals surface area contributed by atoms with Gasteiger partial charge in [0.1, 0.15) is 6.04 Å². The van der Waals surface area contributed by atoms with Crippen LogP contribution >= 0.6 is 0 Å². The Balaban J connectivity index is 2.23. The molecule has 1 heterocycles. The van der Waals surface area contributed by atoms with Gasteiger partial charge in [0.2, 0.25) is 16.4 Å². The van der Waals surface area contributed by atoms with Crippen molar-refractivity contribution in [3.8, 4) is 0 Å². The van der Waals surface area contributed by atoms with Gasteiger partial charge in [-0.3, -0.25) is 9.59 Å². The van der Waals surface area contributed by atoms with E-state index in [1.54, 1.807) is 18.2 Å². The summed E-state index contributed by atoms with van der Waals surface area (Å²) in [5.41, 5.74) is 0. The van der Waals surface area contributed by atoms with Gasteiger partial charge in [0.25, 0.3) is 0 Å². The van der Waals surface area contributed by atoms with Crippen LogP contribution in [0.2, 0.25) is 0 Å². The van der Waals surface area contributed by atoms with Gasteiger partial charge in [-0.2, -0.15) is 4.31 Å². The van der Waals surface area contributed by atoms with Crippen LogP contribution in [0.15, 0.2) is 35.2 Å². The number of hydrogen-bond acceptors (Lipinski definition) is 4. The molecule has 1 N–H and O–H groups in total. The zero-order valence-electron chi connectivity index (χ0n) is 9.44. The van der Waals surface area contributed by atoms with Gasteiger partial charge < -0.3 is 5.32 Å². The first-order valence-corrected chi connectivity index (χ1v) is 6.77. The summed E-state index contributed by atoms with van der Waals surface area (Å²) in [6, 6.07) is 7.14. The average Bonchev–Trinajstić information content (AvgIpc) is 2.73. The first kappa shape index (κ1) is 12.7. The van der Waals surface area contributed by atoms with E-state index in [0.717, 1.165) is 4.31 Å². The summed E-state index contributed by atoms with van der Waals surface area (Å²) < 4.78 is 25.5. The normalized spacial score (nSPS) is 20.9. The van der Waals surface area contributed by atoms with E-state index in [9.17, 15) is 18.0 Å². The van der Waals surface area contributed by atoms with Gasteiger partial charge in [-0.1, -0.05) is 18.2 Å². The summed E-state index contributed by atoms with van der Waals surface area (Å²) >= 11 is 0. The fourth-order valence-corrected chi connectivity index (χ4v) is 3.25. The molecule has 1 aliphatic heterocycles. The van der Waals surface area contributed by atoms with Gasteiger partial charge in [-0.15, -0.1) is 0 Å². The molecule has 18 heavy (non-hydrogen) atoms. The number of amides is 1. The predicted molar refractivity (Wildman–Crippen MR) is 63.2 cm³/mol. The van der Waals surface area contributed by atoms with Crippen molar-refractivity contribution in [3.05, 3.63) is 30.3 Å². The molecule has 1 unspecified atom stereocenters. The van der Waals surface area contributed by atoms with Crippen LogP contribution in [0.5, 0.6) is 0 Å². The van der Waals surface area contributed by atoms with E-state index in [0.29, 0.717) is 6.41 Å². The minimum Gasteiger partial charge on any atom is -0.347 e. The first-order valence-electron chi connectivity index (χ1n) is 5.33. The number of rotatable bonds is 4. The van der Waals surface area contributed by atoms with Crippen molar-refractivity contribution in [2.45, 2.75) is 10.9 Å². The summed E-state index contributed by atoms with van der Waals surface area (Å²) in [5, 5.41) is 2.31. The molecular weight excluding hydrogens is 256 g/mol. The van der Waals surface area contributed by atoms with E-state index in [1.807, 2.05) is 0 Å². The lowest BCUT2D eigenvalue weighted by atomic mass is 10.2. The number of benzene rings is 1. The Bertz CT molecular complexity index is 556. The summed E-state index contributed by atoms with van der Waals surface area (Å²) in [4.78, 5) is 22.0. The van der Waals surface area contributed by atoms with E-state index in [-0.39, 0.29) is 23.8 Å². The summed E-state index contributed by atoms with van der Waals surface area (Å²) in [7, 11) is -3.67. The standard InChI is InChI=1S/C11H12N2O4S/c14-8-12-10-6-13(7-11(10)15)18(16,17)9-4-2-1-3-5-9/h1-5,8,10H,6-7H2,(H,12,14). The monoisotopic (exact) mass is 268 g/mol. The Morgan fingerprint density at radius 2 is 1.94 bits per heavy atom. The molecule has 6 nitrogen and oxygen atoms in total. The van der Waals surface area contributed by atoms with Gasteiger partial charge in [0.05, 0.1) is 11.4 Å². The third kappa shape index (κ3) is 2.27. The maximum Gasteiger partial charge on any atom is 0.243 e. The molecule has 0 aromatic heterocycles. The first-order chi connectivity index (χ1) is 8.55. The number of nitrogens with one attached hydrogen (secondary N) is 1. The molecule has 96 valence electrons. The molecule has 1 aromatic rings. The van der Waals surface area contributed by atoms with Crippen molar-refractivity contribution in [3.63, 3.8) is 0 Å². The van der Waals surface area contributed by atoms with E-state index in [4.69, 9.17) is 0 Å². The van der Waals surface area contributed by atoms with Crippen molar-refractivity contribution in [1.29, 1.82) is 0 Å². The van der Waals surface area contributed by atoms with Gasteiger partial charge in [0, 0.05) is 6.54 Å². The van der Waals surface area contributed by atoms with Crippen LogP contribution in [0, 0.1) is 0 Å². The highest BCUT2D eigenvalue weighted by Gasteiger charge is 2.37. The van der Waals surface area contributed by atoms with Crippen molar-refractivity contribution in [2.75, 3.05) is 13.1 Å². The molecule has 1 amide bonds. The topological polar surface area (TPSA) is 83.6 Å². The van der Waals surface area contributed by atoms with Gasteiger partial charge in [-0.05, 0) is 12.1 Å². The molecule has 0 spiro atoms. The second kappa shape index (κ2) is 4.87. The minimum atomic E-state index is -3.67. The fourth-order valence-electron chi connectivity index (χ4n) is 1.81. The molecule has 1 fully saturated rings. The van der Waals surface area contributed by atoms with Crippen LogP contribution in [-0.2, 0) is 19.6 Å². The number of hydrogen-bond donors (Lipinski definition) is 1. The van der Waals surface area contributed by atoms with Gasteiger partial charge in [0.15, 0.2) is 5.78 Å². The molecule has 7 heteroatoms. The molecule has 1 aromatic carbocycles. The quantitative estimate of drug-likeness (QED) is 0.737. The molecule has 0 aliphatic carbocycles. The lowest BCUT2D eigenvalue weighted by Gasteiger charge is -2.15. The Labute approximate surface area is 105 Å². The molecule has 0 bridgehead atoms. The highest BCUT2D eigenvalue weighted by Crippen LogP contribution is 2.19. The molecule has 0 radical (unpaired) electrons. The fraction of sp³-hybridized carbons (Fsp3) is 0.273. The predicted octanol–water partition coefficient (Wildman–Crippen LogP) is -0.625. The third-order valence-corrected chi connectivity index (χ3v) is 4.58. The third-order valence-electron chi connectivity index (χ3n) is 2.76. The van der Waals surface area contributed by atoms with Crippen molar-refractivity contribution >= 4 is 22.2 Å². The molecule has 1 saturated heterocycles. The highest BCUT2D eigenvalue weighted by atomic mass is 32.2. The zero-order valence-corrected chi connectivity index (χ0v) is 10.3. The van der Waals surface area contributed by atoms with Crippen LogP contribution in [0.25, 0.3) is 0 Å². The van der Waals surface area contributed by atoms with Crippen LogP contribution in [0.4, 0.5) is 0 Å². The van der Waals surface area contributed by atoms with Crippen molar-refractivity contribution in [1.82, 2.24) is 9.62 Å². The van der Waals surface area contributed by atoms with E-state index < -0.39 is 16.1 Å². The van der Waals surface area contributed by atoms with Crippen LogP contribution in [0.1, 0.15) is 0 Å². The molecule has 1 aliphatic rings. The second-order valence-corrected chi connectivity index (χ2v) is 5.85. The van der Waals surface area contributed by atoms with Gasteiger partial charge in [-0.25, -0.2) is 8.42 Å². The van der Waals surface area contributed by atoms with Crippen LogP contribution in [-0.4, -0.2) is 44.0 Å². The van der Waals surface area contributed by atoms with Crippen LogP contribution in [0.3, 0.4) is 0 Å². The SMILES string of the molecule is O=CNC1CN(S(=O)(=O)c2ccccc2)CC1=O. The molecule has 1 atom stereocenters.